The summed E-state index contributed by atoms with van der Waals surface area (Å²) < 4.78 is 9.23. The third kappa shape index (κ3) is 6.41. The largest absolute Gasteiger partial charge is 0.452 e. The predicted molar refractivity (Wildman–Crippen MR) is 288 cm³/mol. The summed E-state index contributed by atoms with van der Waals surface area (Å²) in [6.45, 7) is 0. The number of ether oxygens (including phenoxy) is 1. The van der Waals surface area contributed by atoms with Crippen LogP contribution in [-0.4, -0.2) is 12.6 Å². The van der Waals surface area contributed by atoms with Gasteiger partial charge in [-0.05, 0) is 109 Å². The minimum atomic E-state index is -2.72. The van der Waals surface area contributed by atoms with E-state index in [4.69, 9.17) is 4.74 Å². The van der Waals surface area contributed by atoms with Crippen LogP contribution in [0.15, 0.2) is 267 Å². The Morgan fingerprint density at radius 2 is 0.853 bits per heavy atom. The van der Waals surface area contributed by atoms with Gasteiger partial charge in [0.05, 0.1) is 16.7 Å². The van der Waals surface area contributed by atoms with Crippen LogP contribution in [0.3, 0.4) is 0 Å². The molecule has 0 radical (unpaired) electrons. The number of nitrogens with zero attached hydrogens (tertiary/aromatic N) is 2. The van der Waals surface area contributed by atoms with Crippen molar-refractivity contribution in [1.82, 2.24) is 4.57 Å². The number of rotatable bonds is 9. The summed E-state index contributed by atoms with van der Waals surface area (Å²) in [6.07, 6.45) is 0. The Balaban J connectivity index is 0.933. The number of hydrogen-bond donors (Lipinski definition) is 0. The van der Waals surface area contributed by atoms with E-state index in [9.17, 15) is 0 Å². The van der Waals surface area contributed by atoms with Gasteiger partial charge in [-0.15, -0.1) is 0 Å². The molecule has 0 atom stereocenters. The van der Waals surface area contributed by atoms with E-state index in [2.05, 4.69) is 276 Å². The number of anilines is 3. The van der Waals surface area contributed by atoms with Gasteiger partial charge in [0.2, 0.25) is 0 Å². The lowest BCUT2D eigenvalue weighted by atomic mass is 10.0. The van der Waals surface area contributed by atoms with E-state index in [-0.39, 0.29) is 0 Å². The highest BCUT2D eigenvalue weighted by molar-refractivity contribution is 7.19. The van der Waals surface area contributed by atoms with E-state index in [1.807, 2.05) is 0 Å². The smallest absolute Gasteiger partial charge is 0.179 e. The molecule has 1 aliphatic rings. The van der Waals surface area contributed by atoms with Gasteiger partial charge in [-0.3, -0.25) is 0 Å². The quantitative estimate of drug-likeness (QED) is 0.106. The molecule has 1 aromatic heterocycles. The molecule has 0 N–H and O–H groups in total. The summed E-state index contributed by atoms with van der Waals surface area (Å²) in [5, 5.41) is 10.3. The molecule has 0 saturated heterocycles. The molecule has 3 nitrogen and oxygen atoms in total. The van der Waals surface area contributed by atoms with Crippen molar-refractivity contribution in [2.45, 2.75) is 0 Å². The van der Waals surface area contributed by atoms with Gasteiger partial charge in [0.1, 0.15) is 0 Å². The van der Waals surface area contributed by atoms with E-state index in [0.29, 0.717) is 0 Å². The summed E-state index contributed by atoms with van der Waals surface area (Å²) >= 11 is 0. The Bertz CT molecular complexity index is 3700. The SMILES string of the molecule is c1ccc([Si](c2ccccc2)(c2ccccc2)c2ccc(N(c3ccc(-c4ccc5ccccc5c4)cc3)c3ccc(-c4cccc5c4Oc4cccc6c7ccccc7n-5c46)cc3)cc2)cc1. The molecule has 68 heavy (non-hydrogen) atoms. The van der Waals surface area contributed by atoms with Crippen LogP contribution < -0.4 is 30.4 Å². The highest BCUT2D eigenvalue weighted by Gasteiger charge is 2.41. The van der Waals surface area contributed by atoms with Crippen LogP contribution in [-0.2, 0) is 0 Å². The predicted octanol–water partition coefficient (Wildman–Crippen LogP) is 14.2. The zero-order valence-corrected chi connectivity index (χ0v) is 38.2. The van der Waals surface area contributed by atoms with Crippen molar-refractivity contribution in [1.29, 1.82) is 0 Å². The molecule has 0 saturated carbocycles. The summed E-state index contributed by atoms with van der Waals surface area (Å²) in [4.78, 5) is 2.38. The summed E-state index contributed by atoms with van der Waals surface area (Å²) in [5.41, 5.74) is 11.1. The first kappa shape index (κ1) is 39.6. The Morgan fingerprint density at radius 3 is 1.50 bits per heavy atom. The van der Waals surface area contributed by atoms with E-state index < -0.39 is 8.07 Å². The second-order valence-electron chi connectivity index (χ2n) is 17.6. The molecule has 11 aromatic carbocycles. The van der Waals surface area contributed by atoms with Gasteiger partial charge in [0, 0.05) is 33.4 Å². The molecule has 2 heterocycles. The molecule has 13 rings (SSSR count). The van der Waals surface area contributed by atoms with Crippen molar-refractivity contribution in [2.24, 2.45) is 0 Å². The molecule has 320 valence electrons. The highest BCUT2D eigenvalue weighted by Crippen LogP contribution is 2.49. The maximum atomic E-state index is 6.86. The number of para-hydroxylation sites is 3. The maximum absolute atomic E-state index is 6.86. The zero-order chi connectivity index (χ0) is 45.0. The molecule has 12 aromatic rings. The number of aromatic nitrogens is 1. The second kappa shape index (κ2) is 16.3. The average Bonchev–Trinajstić information content (AvgIpc) is 3.76. The van der Waals surface area contributed by atoms with Crippen molar-refractivity contribution in [3.05, 3.63) is 267 Å². The Kier molecular flexibility index (Phi) is 9.51. The van der Waals surface area contributed by atoms with Crippen molar-refractivity contribution >= 4 is 78.5 Å². The van der Waals surface area contributed by atoms with E-state index in [0.717, 1.165) is 50.9 Å². The minimum Gasteiger partial charge on any atom is -0.452 e. The van der Waals surface area contributed by atoms with Crippen LogP contribution in [0.4, 0.5) is 17.1 Å². The highest BCUT2D eigenvalue weighted by atomic mass is 28.3. The molecule has 0 spiro atoms. The van der Waals surface area contributed by atoms with Gasteiger partial charge >= 0.3 is 0 Å². The fraction of sp³-hybridized carbons (Fsp3) is 0. The third-order valence-corrected chi connectivity index (χ3v) is 18.7. The maximum Gasteiger partial charge on any atom is 0.179 e. The molecule has 0 unspecified atom stereocenters. The average molecular weight is 885 g/mol. The van der Waals surface area contributed by atoms with Crippen molar-refractivity contribution < 1.29 is 4.74 Å². The first-order valence-corrected chi connectivity index (χ1v) is 25.3. The normalized spacial score (nSPS) is 11.9. The minimum absolute atomic E-state index is 0.862. The van der Waals surface area contributed by atoms with Crippen LogP contribution >= 0.6 is 0 Å². The summed E-state index contributed by atoms with van der Waals surface area (Å²) in [5.74, 6) is 1.73. The second-order valence-corrected chi connectivity index (χ2v) is 21.5. The van der Waals surface area contributed by atoms with E-state index >= 15 is 0 Å². The molecule has 1 aliphatic heterocycles. The van der Waals surface area contributed by atoms with Crippen molar-refractivity contribution in [3.8, 4) is 39.4 Å². The standard InChI is InChI=1S/C64H44N2OSi/c1-4-18-53(19-5-1)68(54-20-6-2-7-21-54,55-22-8-3-9-23-55)56-42-40-52(41-43-56)65(50-36-32-46(33-37-50)49-31-30-45-16-10-11-17-48(45)44-49)51-38-34-47(35-39-51)57-25-14-28-61-64(57)67-62-29-15-26-59-58-24-12-13-27-60(58)66(61)63(59)62/h1-44H. The van der Waals surface area contributed by atoms with E-state index in [1.54, 1.807) is 0 Å². The molecule has 0 bridgehead atoms. The Hall–Kier alpha value is -8.70. The lowest BCUT2D eigenvalue weighted by Gasteiger charge is -2.35. The lowest BCUT2D eigenvalue weighted by molar-refractivity contribution is 0.478. The monoisotopic (exact) mass is 884 g/mol. The number of hydrogen-bond acceptors (Lipinski definition) is 2. The fourth-order valence-electron chi connectivity index (χ4n) is 10.8. The molecule has 0 fully saturated rings. The summed E-state index contributed by atoms with van der Waals surface area (Å²) in [6, 6.07) is 97.5. The first-order chi connectivity index (χ1) is 33.7. The lowest BCUT2D eigenvalue weighted by Crippen LogP contribution is -2.74. The molecular formula is C64H44N2OSi. The topological polar surface area (TPSA) is 17.4 Å². The fourth-order valence-corrected chi connectivity index (χ4v) is 15.5. The van der Waals surface area contributed by atoms with Gasteiger partial charge in [-0.25, -0.2) is 0 Å². The van der Waals surface area contributed by atoms with Gasteiger partial charge in [-0.2, -0.15) is 0 Å². The Labute approximate surface area is 397 Å². The van der Waals surface area contributed by atoms with Gasteiger partial charge in [0.25, 0.3) is 0 Å². The zero-order valence-electron chi connectivity index (χ0n) is 37.2. The molecule has 4 heteroatoms. The number of fused-ring (bicyclic) bond motifs is 6. The van der Waals surface area contributed by atoms with Crippen molar-refractivity contribution in [2.75, 3.05) is 4.90 Å². The van der Waals surface area contributed by atoms with E-state index in [1.165, 1.54) is 58.9 Å². The first-order valence-electron chi connectivity index (χ1n) is 23.3. The van der Waals surface area contributed by atoms with Crippen LogP contribution in [0.1, 0.15) is 0 Å². The van der Waals surface area contributed by atoms with Crippen LogP contribution in [0.25, 0.3) is 60.5 Å². The third-order valence-electron chi connectivity index (χ3n) is 13.9. The van der Waals surface area contributed by atoms with Crippen LogP contribution in [0.5, 0.6) is 11.5 Å². The van der Waals surface area contributed by atoms with Crippen LogP contribution in [0, 0.1) is 0 Å². The molecular weight excluding hydrogens is 841 g/mol. The Morgan fingerprint density at radius 1 is 0.353 bits per heavy atom. The molecule has 0 aliphatic carbocycles. The summed E-state index contributed by atoms with van der Waals surface area (Å²) in [7, 11) is -2.72. The van der Waals surface area contributed by atoms with Gasteiger partial charge in [0.15, 0.2) is 19.6 Å². The number of benzene rings is 11. The van der Waals surface area contributed by atoms with Crippen molar-refractivity contribution in [3.63, 3.8) is 0 Å². The molecule has 0 amide bonds. The van der Waals surface area contributed by atoms with Gasteiger partial charge < -0.3 is 14.2 Å². The van der Waals surface area contributed by atoms with Gasteiger partial charge in [-0.1, -0.05) is 206 Å². The van der Waals surface area contributed by atoms with Crippen LogP contribution in [0.2, 0.25) is 0 Å².